The molecule has 0 atom stereocenters. The third-order valence-electron chi connectivity index (χ3n) is 3.59. The molecule has 3 rings (SSSR count). The molecular weight excluding hydrogens is 228 g/mol. The Kier molecular flexibility index (Phi) is 2.94. The molecule has 2 aliphatic heterocycles. The van der Waals surface area contributed by atoms with E-state index >= 15 is 0 Å². The molecule has 2 aliphatic rings. The smallest absolute Gasteiger partial charge is 0.186 e. The van der Waals surface area contributed by atoms with Gasteiger partial charge in [-0.25, -0.2) is 0 Å². The van der Waals surface area contributed by atoms with Crippen LogP contribution >= 0.6 is 0 Å². The summed E-state index contributed by atoms with van der Waals surface area (Å²) in [7, 11) is 0. The van der Waals surface area contributed by atoms with E-state index in [9.17, 15) is 0 Å². The summed E-state index contributed by atoms with van der Waals surface area (Å²) in [5.74, 6) is -0.397. The van der Waals surface area contributed by atoms with Crippen LogP contribution in [0, 0.1) is 11.3 Å². The van der Waals surface area contributed by atoms with Crippen molar-refractivity contribution in [2.75, 3.05) is 31.2 Å². The average molecular weight is 244 g/mol. The summed E-state index contributed by atoms with van der Waals surface area (Å²) in [6.07, 6.45) is 2.04. The number of hydrogen-bond donors (Lipinski definition) is 0. The number of ether oxygens (including phenoxy) is 2. The van der Waals surface area contributed by atoms with Crippen molar-refractivity contribution in [1.29, 1.82) is 5.26 Å². The molecule has 0 N–H and O–H groups in total. The maximum atomic E-state index is 8.80. The Balaban J connectivity index is 1.77. The van der Waals surface area contributed by atoms with Crippen LogP contribution in [0.4, 0.5) is 5.69 Å². The van der Waals surface area contributed by atoms with Crippen molar-refractivity contribution in [1.82, 2.24) is 0 Å². The fourth-order valence-corrected chi connectivity index (χ4v) is 2.69. The third kappa shape index (κ3) is 2.07. The topological polar surface area (TPSA) is 45.5 Å². The maximum Gasteiger partial charge on any atom is 0.186 e. The van der Waals surface area contributed by atoms with Crippen LogP contribution in [0.3, 0.4) is 0 Å². The van der Waals surface area contributed by atoms with E-state index in [2.05, 4.69) is 11.0 Å². The number of nitrogens with zero attached hydrogens (tertiary/aromatic N) is 2. The Labute approximate surface area is 107 Å². The lowest BCUT2D eigenvalue weighted by Crippen LogP contribution is -2.49. The molecule has 0 amide bonds. The monoisotopic (exact) mass is 244 g/mol. The van der Waals surface area contributed by atoms with Crippen LogP contribution in [0.2, 0.25) is 0 Å². The van der Waals surface area contributed by atoms with Gasteiger partial charge in [-0.2, -0.15) is 5.26 Å². The predicted octanol–water partition coefficient (Wildman–Crippen LogP) is 1.90. The van der Waals surface area contributed by atoms with Crippen LogP contribution in [0.5, 0.6) is 0 Å². The molecular formula is C14H16N2O2. The minimum atomic E-state index is -0.397. The zero-order valence-electron chi connectivity index (χ0n) is 10.3. The Hall–Kier alpha value is -1.57. The number of nitriles is 1. The van der Waals surface area contributed by atoms with Gasteiger partial charge in [0.15, 0.2) is 5.79 Å². The van der Waals surface area contributed by atoms with Gasteiger partial charge in [-0.15, -0.1) is 0 Å². The lowest BCUT2D eigenvalue weighted by atomic mass is 10.0. The van der Waals surface area contributed by atoms with Crippen molar-refractivity contribution in [2.45, 2.75) is 18.6 Å². The molecule has 0 aromatic heterocycles. The van der Waals surface area contributed by atoms with E-state index in [1.54, 1.807) is 0 Å². The molecule has 18 heavy (non-hydrogen) atoms. The number of hydrogen-bond acceptors (Lipinski definition) is 4. The van der Waals surface area contributed by atoms with Gasteiger partial charge >= 0.3 is 0 Å². The molecule has 0 unspecified atom stereocenters. The molecule has 1 aromatic rings. The van der Waals surface area contributed by atoms with Gasteiger partial charge in [-0.1, -0.05) is 0 Å². The molecule has 0 aliphatic carbocycles. The van der Waals surface area contributed by atoms with Crippen LogP contribution in [-0.4, -0.2) is 32.1 Å². The highest BCUT2D eigenvalue weighted by atomic mass is 16.7. The number of benzene rings is 1. The van der Waals surface area contributed by atoms with Gasteiger partial charge in [0, 0.05) is 18.7 Å². The molecule has 0 saturated carbocycles. The lowest BCUT2D eigenvalue weighted by molar-refractivity contribution is -0.161. The summed E-state index contributed by atoms with van der Waals surface area (Å²) in [6, 6.07) is 9.83. The zero-order valence-corrected chi connectivity index (χ0v) is 10.3. The largest absolute Gasteiger partial charge is 0.366 e. The summed E-state index contributed by atoms with van der Waals surface area (Å²) < 4.78 is 11.5. The quantitative estimate of drug-likeness (QED) is 0.757. The minimum Gasteiger partial charge on any atom is -0.366 e. The Bertz CT molecular complexity index is 458. The van der Waals surface area contributed by atoms with E-state index in [1.807, 2.05) is 24.3 Å². The van der Waals surface area contributed by atoms with Crippen molar-refractivity contribution < 1.29 is 9.47 Å². The molecule has 4 heteroatoms. The van der Waals surface area contributed by atoms with Gasteiger partial charge in [0.25, 0.3) is 0 Å². The molecule has 94 valence electrons. The van der Waals surface area contributed by atoms with Gasteiger partial charge in [0.1, 0.15) is 0 Å². The Morgan fingerprint density at radius 1 is 1.17 bits per heavy atom. The van der Waals surface area contributed by atoms with Crippen molar-refractivity contribution in [3.8, 4) is 6.07 Å². The van der Waals surface area contributed by atoms with Crippen LogP contribution in [0.25, 0.3) is 0 Å². The van der Waals surface area contributed by atoms with E-state index in [0.717, 1.165) is 31.6 Å². The average Bonchev–Trinajstić information content (AvgIpc) is 2.87. The van der Waals surface area contributed by atoms with E-state index in [1.165, 1.54) is 0 Å². The lowest BCUT2D eigenvalue weighted by Gasteiger charge is -2.39. The van der Waals surface area contributed by atoms with E-state index in [0.29, 0.717) is 18.8 Å². The molecule has 4 nitrogen and oxygen atoms in total. The second-order valence-corrected chi connectivity index (χ2v) is 4.79. The summed E-state index contributed by atoms with van der Waals surface area (Å²) in [5, 5.41) is 8.80. The van der Waals surface area contributed by atoms with Crippen molar-refractivity contribution in [3.63, 3.8) is 0 Å². The highest BCUT2D eigenvalue weighted by molar-refractivity contribution is 5.50. The minimum absolute atomic E-state index is 0.397. The van der Waals surface area contributed by atoms with Crippen molar-refractivity contribution >= 4 is 5.69 Å². The van der Waals surface area contributed by atoms with Gasteiger partial charge in [-0.3, -0.25) is 0 Å². The molecule has 0 radical (unpaired) electrons. The third-order valence-corrected chi connectivity index (χ3v) is 3.59. The summed E-state index contributed by atoms with van der Waals surface area (Å²) in [6.45, 7) is 3.18. The Morgan fingerprint density at radius 3 is 2.56 bits per heavy atom. The van der Waals surface area contributed by atoms with Crippen LogP contribution in [-0.2, 0) is 9.47 Å². The highest BCUT2D eigenvalue weighted by Gasteiger charge is 2.40. The first-order chi connectivity index (χ1) is 8.81. The van der Waals surface area contributed by atoms with Gasteiger partial charge in [-0.05, 0) is 30.7 Å². The molecule has 0 bridgehead atoms. The Morgan fingerprint density at radius 2 is 1.89 bits per heavy atom. The molecule has 2 saturated heterocycles. The van der Waals surface area contributed by atoms with Crippen LogP contribution in [0.15, 0.2) is 24.3 Å². The van der Waals surface area contributed by atoms with Crippen LogP contribution in [0.1, 0.15) is 18.4 Å². The van der Waals surface area contributed by atoms with E-state index in [-0.39, 0.29) is 0 Å². The fraction of sp³-hybridized carbons (Fsp3) is 0.500. The maximum absolute atomic E-state index is 8.80. The first-order valence-corrected chi connectivity index (χ1v) is 6.34. The van der Waals surface area contributed by atoms with Crippen molar-refractivity contribution in [2.24, 2.45) is 0 Å². The zero-order chi connectivity index (χ0) is 12.4. The van der Waals surface area contributed by atoms with Crippen LogP contribution < -0.4 is 4.90 Å². The molecule has 2 fully saturated rings. The van der Waals surface area contributed by atoms with E-state index < -0.39 is 5.79 Å². The second kappa shape index (κ2) is 4.60. The molecule has 2 heterocycles. The first kappa shape index (κ1) is 11.5. The summed E-state index contributed by atoms with van der Waals surface area (Å²) in [4.78, 5) is 2.27. The summed E-state index contributed by atoms with van der Waals surface area (Å²) >= 11 is 0. The second-order valence-electron chi connectivity index (χ2n) is 4.79. The molecule has 1 aromatic carbocycles. The van der Waals surface area contributed by atoms with Gasteiger partial charge in [0.05, 0.1) is 31.4 Å². The first-order valence-electron chi connectivity index (χ1n) is 6.34. The van der Waals surface area contributed by atoms with Gasteiger partial charge in [0.2, 0.25) is 0 Å². The normalized spacial score (nSPS) is 22.1. The fourth-order valence-electron chi connectivity index (χ4n) is 2.69. The SMILES string of the molecule is N#Cc1ccc(N2CCCC3(C2)OCCO3)cc1. The predicted molar refractivity (Wildman–Crippen MR) is 67.2 cm³/mol. The van der Waals surface area contributed by atoms with Crippen molar-refractivity contribution in [3.05, 3.63) is 29.8 Å². The number of piperidine rings is 1. The number of anilines is 1. The molecule has 1 spiro atoms. The standard InChI is InChI=1S/C14H16N2O2/c15-10-12-2-4-13(5-3-12)16-7-1-6-14(11-16)17-8-9-18-14/h2-5H,1,6-9,11H2. The van der Waals surface area contributed by atoms with Gasteiger partial charge < -0.3 is 14.4 Å². The summed E-state index contributed by atoms with van der Waals surface area (Å²) in [5.41, 5.74) is 1.83. The number of rotatable bonds is 1. The van der Waals surface area contributed by atoms with E-state index in [4.69, 9.17) is 14.7 Å². The highest BCUT2D eigenvalue weighted by Crippen LogP contribution is 2.32.